The van der Waals surface area contributed by atoms with E-state index in [0.717, 1.165) is 3.57 Å². The Morgan fingerprint density at radius 1 is 1.21 bits per heavy atom. The Balaban J connectivity index is 2.23. The Bertz CT molecular complexity index is 596. The number of aromatic hydroxyl groups is 1. The second-order valence-corrected chi connectivity index (χ2v) is 5.06. The van der Waals surface area contributed by atoms with Gasteiger partial charge in [0.2, 0.25) is 0 Å². The normalized spacial score (nSPS) is 10.0. The Hall–Kier alpha value is -1.76. The van der Waals surface area contributed by atoms with Crippen LogP contribution in [0, 0.1) is 3.57 Å². The van der Waals surface area contributed by atoms with Gasteiger partial charge in [-0.3, -0.25) is 4.79 Å². The average molecular weight is 369 g/mol. The maximum Gasteiger partial charge on any atom is 0.259 e. The number of rotatable bonds is 3. The van der Waals surface area contributed by atoms with Crippen LogP contribution >= 0.6 is 22.6 Å². The van der Waals surface area contributed by atoms with Crippen molar-refractivity contribution >= 4 is 34.2 Å². The Morgan fingerprint density at radius 2 is 1.89 bits per heavy atom. The van der Waals surface area contributed by atoms with Crippen molar-refractivity contribution < 1.29 is 14.6 Å². The molecular weight excluding hydrogens is 357 g/mol. The first kappa shape index (κ1) is 13.7. The Labute approximate surface area is 124 Å². The molecule has 0 aliphatic heterocycles. The monoisotopic (exact) mass is 369 g/mol. The summed E-state index contributed by atoms with van der Waals surface area (Å²) in [6, 6.07) is 12.2. The highest BCUT2D eigenvalue weighted by molar-refractivity contribution is 14.1. The quantitative estimate of drug-likeness (QED) is 0.817. The van der Waals surface area contributed by atoms with Gasteiger partial charge in [0.15, 0.2) is 11.5 Å². The van der Waals surface area contributed by atoms with Gasteiger partial charge < -0.3 is 15.2 Å². The van der Waals surface area contributed by atoms with Gasteiger partial charge in [-0.2, -0.15) is 0 Å². The third-order valence-electron chi connectivity index (χ3n) is 2.57. The van der Waals surface area contributed by atoms with E-state index in [1.54, 1.807) is 30.3 Å². The number of halogens is 1. The van der Waals surface area contributed by atoms with Gasteiger partial charge in [-0.15, -0.1) is 0 Å². The van der Waals surface area contributed by atoms with E-state index in [-0.39, 0.29) is 23.0 Å². The number of para-hydroxylation sites is 1. The molecule has 0 saturated heterocycles. The SMILES string of the molecule is COc1cccc(C(=O)Nc2ccc(I)cc2)c1O. The molecule has 0 aromatic heterocycles. The number of hydrogen-bond donors (Lipinski definition) is 2. The fourth-order valence-corrected chi connectivity index (χ4v) is 1.96. The number of hydrogen-bond acceptors (Lipinski definition) is 3. The molecule has 5 heteroatoms. The molecule has 2 rings (SSSR count). The minimum atomic E-state index is -0.377. The second-order valence-electron chi connectivity index (χ2n) is 3.82. The van der Waals surface area contributed by atoms with Crippen molar-refractivity contribution in [3.63, 3.8) is 0 Å². The van der Waals surface area contributed by atoms with Crippen molar-refractivity contribution in [1.82, 2.24) is 0 Å². The van der Waals surface area contributed by atoms with Crippen LogP contribution < -0.4 is 10.1 Å². The van der Waals surface area contributed by atoms with Gasteiger partial charge in [0.25, 0.3) is 5.91 Å². The van der Waals surface area contributed by atoms with E-state index in [2.05, 4.69) is 27.9 Å². The predicted octanol–water partition coefficient (Wildman–Crippen LogP) is 3.26. The maximum atomic E-state index is 12.1. The van der Waals surface area contributed by atoms with Gasteiger partial charge in [-0.05, 0) is 59.0 Å². The Morgan fingerprint density at radius 3 is 2.53 bits per heavy atom. The van der Waals surface area contributed by atoms with Gasteiger partial charge in [0.1, 0.15) is 0 Å². The molecule has 1 amide bonds. The summed E-state index contributed by atoms with van der Waals surface area (Å²) in [6.07, 6.45) is 0. The van der Waals surface area contributed by atoms with E-state index in [1.165, 1.54) is 7.11 Å². The highest BCUT2D eigenvalue weighted by Crippen LogP contribution is 2.29. The van der Waals surface area contributed by atoms with E-state index in [0.29, 0.717) is 5.69 Å². The standard InChI is InChI=1S/C14H12INO3/c1-19-12-4-2-3-11(13(12)17)14(18)16-10-7-5-9(15)6-8-10/h2-8,17H,1H3,(H,16,18). The average Bonchev–Trinajstić information content (AvgIpc) is 2.41. The van der Waals surface area contributed by atoms with Crippen LogP contribution in [0.4, 0.5) is 5.69 Å². The molecular formula is C14H12INO3. The largest absolute Gasteiger partial charge is 0.504 e. The smallest absolute Gasteiger partial charge is 0.259 e. The first-order valence-electron chi connectivity index (χ1n) is 5.54. The summed E-state index contributed by atoms with van der Waals surface area (Å²) in [5, 5.41) is 12.6. The van der Waals surface area contributed by atoms with Crippen LogP contribution in [-0.2, 0) is 0 Å². The van der Waals surface area contributed by atoms with Crippen LogP contribution in [0.2, 0.25) is 0 Å². The lowest BCUT2D eigenvalue weighted by Gasteiger charge is -2.09. The van der Waals surface area contributed by atoms with E-state index < -0.39 is 0 Å². The van der Waals surface area contributed by atoms with Crippen molar-refractivity contribution in [3.8, 4) is 11.5 Å². The van der Waals surface area contributed by atoms with Crippen molar-refractivity contribution in [3.05, 3.63) is 51.6 Å². The van der Waals surface area contributed by atoms with E-state index >= 15 is 0 Å². The third kappa shape index (κ3) is 3.17. The highest BCUT2D eigenvalue weighted by Gasteiger charge is 2.14. The topological polar surface area (TPSA) is 58.6 Å². The summed E-state index contributed by atoms with van der Waals surface area (Å²) >= 11 is 2.19. The lowest BCUT2D eigenvalue weighted by atomic mass is 10.1. The minimum absolute atomic E-state index is 0.159. The van der Waals surface area contributed by atoms with Crippen LogP contribution in [0.15, 0.2) is 42.5 Å². The van der Waals surface area contributed by atoms with Crippen LogP contribution in [0.3, 0.4) is 0 Å². The van der Waals surface area contributed by atoms with Crippen LogP contribution in [0.5, 0.6) is 11.5 Å². The van der Waals surface area contributed by atoms with Gasteiger partial charge in [-0.25, -0.2) is 0 Å². The lowest BCUT2D eigenvalue weighted by Crippen LogP contribution is -2.12. The number of phenols is 1. The zero-order chi connectivity index (χ0) is 13.8. The fourth-order valence-electron chi connectivity index (χ4n) is 1.60. The van der Waals surface area contributed by atoms with E-state index in [9.17, 15) is 9.90 Å². The molecule has 2 aromatic carbocycles. The van der Waals surface area contributed by atoms with Gasteiger partial charge >= 0.3 is 0 Å². The molecule has 0 spiro atoms. The summed E-state index contributed by atoms with van der Waals surface area (Å²) in [6.45, 7) is 0. The first-order valence-corrected chi connectivity index (χ1v) is 6.62. The summed E-state index contributed by atoms with van der Waals surface area (Å²) in [5.74, 6) is -0.263. The van der Waals surface area contributed by atoms with Gasteiger partial charge in [-0.1, -0.05) is 6.07 Å². The molecule has 0 unspecified atom stereocenters. The van der Waals surface area contributed by atoms with Gasteiger partial charge in [0, 0.05) is 9.26 Å². The lowest BCUT2D eigenvalue weighted by molar-refractivity contribution is 0.102. The Kier molecular flexibility index (Phi) is 4.26. The van der Waals surface area contributed by atoms with Crippen LogP contribution in [0.1, 0.15) is 10.4 Å². The predicted molar refractivity (Wildman–Crippen MR) is 81.8 cm³/mol. The second kappa shape index (κ2) is 5.92. The third-order valence-corrected chi connectivity index (χ3v) is 3.28. The molecule has 19 heavy (non-hydrogen) atoms. The molecule has 0 atom stereocenters. The van der Waals surface area contributed by atoms with Crippen molar-refractivity contribution in [2.24, 2.45) is 0 Å². The minimum Gasteiger partial charge on any atom is -0.504 e. The van der Waals surface area contributed by atoms with Crippen LogP contribution in [-0.4, -0.2) is 18.1 Å². The maximum absolute atomic E-state index is 12.1. The molecule has 2 aromatic rings. The number of nitrogens with one attached hydrogen (secondary N) is 1. The summed E-state index contributed by atoms with van der Waals surface area (Å²) in [5.41, 5.74) is 0.852. The number of amides is 1. The molecule has 0 bridgehead atoms. The summed E-state index contributed by atoms with van der Waals surface area (Å²) < 4.78 is 6.05. The van der Waals surface area contributed by atoms with Crippen molar-refractivity contribution in [2.45, 2.75) is 0 Å². The molecule has 0 heterocycles. The molecule has 0 radical (unpaired) electrons. The van der Waals surface area contributed by atoms with E-state index in [1.807, 2.05) is 12.1 Å². The molecule has 98 valence electrons. The zero-order valence-electron chi connectivity index (χ0n) is 10.2. The number of anilines is 1. The molecule has 4 nitrogen and oxygen atoms in total. The van der Waals surface area contributed by atoms with Gasteiger partial charge in [0.05, 0.1) is 12.7 Å². The van der Waals surface area contributed by atoms with E-state index in [4.69, 9.17) is 4.74 Å². The number of phenolic OH excluding ortho intramolecular Hbond substituents is 1. The molecule has 2 N–H and O–H groups in total. The highest BCUT2D eigenvalue weighted by atomic mass is 127. The number of benzene rings is 2. The number of carbonyl (C=O) groups is 1. The molecule has 0 fully saturated rings. The molecule has 0 saturated carbocycles. The number of ether oxygens (including phenoxy) is 1. The van der Waals surface area contributed by atoms with Crippen molar-refractivity contribution in [2.75, 3.05) is 12.4 Å². The molecule has 0 aliphatic carbocycles. The number of methoxy groups -OCH3 is 1. The van der Waals surface area contributed by atoms with Crippen molar-refractivity contribution in [1.29, 1.82) is 0 Å². The fraction of sp³-hybridized carbons (Fsp3) is 0.0714. The summed E-state index contributed by atoms with van der Waals surface area (Å²) in [7, 11) is 1.44. The molecule has 0 aliphatic rings. The summed E-state index contributed by atoms with van der Waals surface area (Å²) in [4.78, 5) is 12.1. The number of carbonyl (C=O) groups excluding carboxylic acids is 1. The van der Waals surface area contributed by atoms with Crippen LogP contribution in [0.25, 0.3) is 0 Å². The zero-order valence-corrected chi connectivity index (χ0v) is 12.3. The first-order chi connectivity index (χ1) is 9.11.